The Labute approximate surface area is 151 Å². The van der Waals surface area contributed by atoms with E-state index in [1.165, 1.54) is 16.7 Å². The second kappa shape index (κ2) is 9.77. The van der Waals surface area contributed by atoms with Crippen molar-refractivity contribution in [3.63, 3.8) is 0 Å². The van der Waals surface area contributed by atoms with Crippen LogP contribution in [0.4, 0.5) is 0 Å². The van der Waals surface area contributed by atoms with Gasteiger partial charge in [0.15, 0.2) is 11.5 Å². The molecule has 0 heterocycles. The van der Waals surface area contributed by atoms with Crippen LogP contribution in [0.5, 0.6) is 17.2 Å². The number of allylic oxidation sites excluding steroid dienone is 1. The van der Waals surface area contributed by atoms with E-state index in [9.17, 15) is 0 Å². The van der Waals surface area contributed by atoms with Gasteiger partial charge in [0.05, 0.1) is 20.3 Å². The van der Waals surface area contributed by atoms with Crippen LogP contribution in [0.25, 0.3) is 0 Å². The third-order valence-corrected chi connectivity index (χ3v) is 4.22. The maximum atomic E-state index is 5.87. The molecule has 0 atom stereocenters. The van der Waals surface area contributed by atoms with Crippen LogP contribution in [0.2, 0.25) is 0 Å². The van der Waals surface area contributed by atoms with E-state index in [1.807, 2.05) is 36.4 Å². The first-order chi connectivity index (χ1) is 12.2. The lowest BCUT2D eigenvalue weighted by molar-refractivity contribution is 0.257. The molecule has 0 unspecified atom stereocenters. The molecule has 0 fully saturated rings. The number of benzene rings is 2. The van der Waals surface area contributed by atoms with Gasteiger partial charge in [0.1, 0.15) is 5.75 Å². The van der Waals surface area contributed by atoms with Crippen LogP contribution in [0, 0.1) is 13.8 Å². The van der Waals surface area contributed by atoms with E-state index >= 15 is 0 Å². The lowest BCUT2D eigenvalue weighted by Gasteiger charge is -2.13. The summed E-state index contributed by atoms with van der Waals surface area (Å²) in [4.78, 5) is 0. The van der Waals surface area contributed by atoms with Gasteiger partial charge in [0.25, 0.3) is 0 Å². The quantitative estimate of drug-likeness (QED) is 0.435. The van der Waals surface area contributed by atoms with E-state index in [2.05, 4.69) is 26.5 Å². The van der Waals surface area contributed by atoms with Gasteiger partial charge < -0.3 is 14.2 Å². The first kappa shape index (κ1) is 18.9. The van der Waals surface area contributed by atoms with E-state index < -0.39 is 0 Å². The fraction of sp³-hybridized carbons (Fsp3) is 0.364. The Hall–Kier alpha value is -2.42. The van der Waals surface area contributed by atoms with Crippen LogP contribution in [-0.4, -0.2) is 20.3 Å². The van der Waals surface area contributed by atoms with Gasteiger partial charge in [-0.05, 0) is 68.0 Å². The summed E-state index contributed by atoms with van der Waals surface area (Å²) in [6.07, 6.45) is 4.59. The third-order valence-electron chi connectivity index (χ3n) is 4.22. The summed E-state index contributed by atoms with van der Waals surface area (Å²) in [5.74, 6) is 2.53. The number of ether oxygens (including phenoxy) is 3. The normalized spacial score (nSPS) is 10.4. The molecule has 2 rings (SSSR count). The molecule has 0 N–H and O–H groups in total. The number of hydrogen-bond acceptors (Lipinski definition) is 3. The zero-order chi connectivity index (χ0) is 18.1. The Balaban J connectivity index is 1.74. The molecule has 0 saturated heterocycles. The summed E-state index contributed by atoms with van der Waals surface area (Å²) >= 11 is 0. The maximum Gasteiger partial charge on any atom is 0.161 e. The Morgan fingerprint density at radius 3 is 2.32 bits per heavy atom. The fourth-order valence-corrected chi connectivity index (χ4v) is 2.57. The Morgan fingerprint density at radius 1 is 0.920 bits per heavy atom. The average Bonchev–Trinajstić information content (AvgIpc) is 2.62. The number of aryl methyl sites for hydroxylation is 1. The van der Waals surface area contributed by atoms with Crippen LogP contribution >= 0.6 is 0 Å². The summed E-state index contributed by atoms with van der Waals surface area (Å²) in [6, 6.07) is 12.2. The second-order valence-corrected chi connectivity index (χ2v) is 6.08. The molecule has 0 aliphatic heterocycles. The van der Waals surface area contributed by atoms with Gasteiger partial charge in [-0.3, -0.25) is 0 Å². The average molecular weight is 340 g/mol. The van der Waals surface area contributed by atoms with Crippen molar-refractivity contribution in [3.8, 4) is 17.2 Å². The van der Waals surface area contributed by atoms with Crippen molar-refractivity contribution in [2.75, 3.05) is 20.3 Å². The summed E-state index contributed by atoms with van der Waals surface area (Å²) in [5.41, 5.74) is 3.64. The van der Waals surface area contributed by atoms with Crippen molar-refractivity contribution in [3.05, 3.63) is 65.7 Å². The molecule has 2 aromatic rings. The van der Waals surface area contributed by atoms with Crippen LogP contribution < -0.4 is 14.2 Å². The summed E-state index contributed by atoms with van der Waals surface area (Å²) in [5, 5.41) is 0. The first-order valence-electron chi connectivity index (χ1n) is 8.75. The van der Waals surface area contributed by atoms with E-state index in [-0.39, 0.29) is 0 Å². The van der Waals surface area contributed by atoms with E-state index in [0.29, 0.717) is 13.2 Å². The van der Waals surface area contributed by atoms with Gasteiger partial charge in [0, 0.05) is 0 Å². The lowest BCUT2D eigenvalue weighted by atomic mass is 10.1. The number of hydrogen-bond donors (Lipinski definition) is 0. The van der Waals surface area contributed by atoms with Crippen molar-refractivity contribution in [1.82, 2.24) is 0 Å². The van der Waals surface area contributed by atoms with Gasteiger partial charge in [-0.1, -0.05) is 24.3 Å². The standard InChI is InChI=1S/C22H28O3/c1-5-9-19-12-13-21(22(16-19)23-4)25-15-7-6-14-24-20-11-8-10-17(2)18(20)3/h5,8,10-13,16H,1,6-7,9,14-15H2,2-4H3. The maximum absolute atomic E-state index is 5.87. The zero-order valence-corrected chi connectivity index (χ0v) is 15.5. The molecule has 0 radical (unpaired) electrons. The molecule has 3 nitrogen and oxygen atoms in total. The predicted octanol–water partition coefficient (Wildman–Crippen LogP) is 5.28. The van der Waals surface area contributed by atoms with Crippen LogP contribution in [0.15, 0.2) is 49.1 Å². The first-order valence-corrected chi connectivity index (χ1v) is 8.75. The highest BCUT2D eigenvalue weighted by atomic mass is 16.5. The van der Waals surface area contributed by atoms with Crippen molar-refractivity contribution in [1.29, 1.82) is 0 Å². The zero-order valence-electron chi connectivity index (χ0n) is 15.5. The van der Waals surface area contributed by atoms with Crippen LogP contribution in [0.3, 0.4) is 0 Å². The SMILES string of the molecule is C=CCc1ccc(OCCCCOc2cccc(C)c2C)c(OC)c1. The molecule has 3 heteroatoms. The Kier molecular flexibility index (Phi) is 7.39. The van der Waals surface area contributed by atoms with Crippen molar-refractivity contribution in [2.45, 2.75) is 33.1 Å². The lowest BCUT2D eigenvalue weighted by Crippen LogP contribution is -2.04. The summed E-state index contributed by atoms with van der Waals surface area (Å²) < 4.78 is 17.1. The van der Waals surface area contributed by atoms with Gasteiger partial charge in [-0.25, -0.2) is 0 Å². The Bertz CT molecular complexity index is 692. The smallest absolute Gasteiger partial charge is 0.161 e. The molecule has 0 aliphatic carbocycles. The molecule has 0 bridgehead atoms. The van der Waals surface area contributed by atoms with Crippen molar-refractivity contribution < 1.29 is 14.2 Å². The van der Waals surface area contributed by atoms with Crippen molar-refractivity contribution >= 4 is 0 Å². The molecular weight excluding hydrogens is 312 g/mol. The van der Waals surface area contributed by atoms with Crippen LogP contribution in [0.1, 0.15) is 29.5 Å². The highest BCUT2D eigenvalue weighted by molar-refractivity contribution is 5.43. The van der Waals surface area contributed by atoms with E-state index in [1.54, 1.807) is 7.11 Å². The minimum atomic E-state index is 0.646. The van der Waals surface area contributed by atoms with Crippen molar-refractivity contribution in [2.24, 2.45) is 0 Å². The second-order valence-electron chi connectivity index (χ2n) is 6.08. The van der Waals surface area contributed by atoms with Crippen LogP contribution in [-0.2, 0) is 6.42 Å². The molecule has 0 amide bonds. The molecule has 0 saturated carbocycles. The largest absolute Gasteiger partial charge is 0.493 e. The monoisotopic (exact) mass is 340 g/mol. The van der Waals surface area contributed by atoms with E-state index in [0.717, 1.165) is 36.5 Å². The van der Waals surface area contributed by atoms with Gasteiger partial charge >= 0.3 is 0 Å². The molecule has 0 spiro atoms. The third kappa shape index (κ3) is 5.56. The predicted molar refractivity (Wildman–Crippen MR) is 103 cm³/mol. The highest BCUT2D eigenvalue weighted by Gasteiger charge is 2.06. The fourth-order valence-electron chi connectivity index (χ4n) is 2.57. The number of methoxy groups -OCH3 is 1. The summed E-state index contributed by atoms with van der Waals surface area (Å²) in [6.45, 7) is 9.30. The van der Waals surface area contributed by atoms with Gasteiger partial charge in [-0.15, -0.1) is 6.58 Å². The molecule has 0 aliphatic rings. The molecular formula is C22H28O3. The molecule has 0 aromatic heterocycles. The van der Waals surface area contributed by atoms with Gasteiger partial charge in [-0.2, -0.15) is 0 Å². The molecule has 134 valence electrons. The Morgan fingerprint density at radius 2 is 1.64 bits per heavy atom. The molecule has 25 heavy (non-hydrogen) atoms. The minimum absolute atomic E-state index is 0.646. The highest BCUT2D eigenvalue weighted by Crippen LogP contribution is 2.28. The minimum Gasteiger partial charge on any atom is -0.493 e. The number of unbranched alkanes of at least 4 members (excludes halogenated alkanes) is 1. The summed E-state index contributed by atoms with van der Waals surface area (Å²) in [7, 11) is 1.66. The number of rotatable bonds is 10. The molecule has 2 aromatic carbocycles. The van der Waals surface area contributed by atoms with E-state index in [4.69, 9.17) is 14.2 Å². The van der Waals surface area contributed by atoms with Gasteiger partial charge in [0.2, 0.25) is 0 Å². The topological polar surface area (TPSA) is 27.7 Å².